The normalized spacial score (nSPS) is 11.0. The molecule has 7 nitrogen and oxygen atoms in total. The van der Waals surface area contributed by atoms with Crippen molar-refractivity contribution >= 4 is 45.6 Å². The van der Waals surface area contributed by atoms with Crippen LogP contribution in [0.2, 0.25) is 5.02 Å². The number of fused-ring (bicyclic) bond motifs is 1. The molecule has 0 spiro atoms. The number of halogens is 2. The first-order chi connectivity index (χ1) is 16.5. The molecule has 4 heterocycles. The van der Waals surface area contributed by atoms with Crippen LogP contribution in [0.1, 0.15) is 16.2 Å². The van der Waals surface area contributed by atoms with Crippen molar-refractivity contribution in [2.24, 2.45) is 0 Å². The second-order valence-corrected chi connectivity index (χ2v) is 7.89. The Labute approximate surface area is 198 Å². The van der Waals surface area contributed by atoms with Gasteiger partial charge in [-0.05, 0) is 48.5 Å². The smallest absolute Gasteiger partial charge is 0.215 e. The molecule has 0 bridgehead atoms. The van der Waals surface area contributed by atoms with E-state index in [1.54, 1.807) is 55.0 Å². The fourth-order valence-corrected chi connectivity index (χ4v) is 3.76. The van der Waals surface area contributed by atoms with Crippen LogP contribution in [0, 0.1) is 5.82 Å². The quantitative estimate of drug-likeness (QED) is 0.299. The minimum Gasteiger partial charge on any atom is -0.436 e. The Bertz CT molecular complexity index is 1520. The lowest BCUT2D eigenvalue weighted by molar-refractivity contribution is 0.0987. The summed E-state index contributed by atoms with van der Waals surface area (Å²) in [5, 5.41) is 3.78. The monoisotopic (exact) mass is 473 g/mol. The molecule has 0 saturated carbocycles. The van der Waals surface area contributed by atoms with Gasteiger partial charge in [0.15, 0.2) is 11.4 Å². The predicted octanol–water partition coefficient (Wildman–Crippen LogP) is 5.83. The van der Waals surface area contributed by atoms with Crippen LogP contribution in [0.5, 0.6) is 0 Å². The molecule has 5 rings (SSSR count). The molecule has 5 aromatic rings. The average molecular weight is 474 g/mol. The third-order valence-corrected chi connectivity index (χ3v) is 5.50. The highest BCUT2D eigenvalue weighted by Crippen LogP contribution is 2.39. The molecule has 4 aromatic heterocycles. The number of carbonyl (C=O) groups excluding carboxylic acids is 1. The fourth-order valence-electron chi connectivity index (χ4n) is 3.58. The van der Waals surface area contributed by atoms with Crippen LogP contribution in [0.4, 0.5) is 21.6 Å². The van der Waals surface area contributed by atoms with Gasteiger partial charge >= 0.3 is 0 Å². The average Bonchev–Trinajstić information content (AvgIpc) is 3.17. The number of Topliss-reactive ketones (excluding diaryl/α,β-unsaturated/α-hetero) is 1. The molecule has 0 atom stereocenters. The Hall–Kier alpha value is -4.30. The van der Waals surface area contributed by atoms with Crippen LogP contribution >= 0.6 is 11.6 Å². The van der Waals surface area contributed by atoms with Crippen LogP contribution in [-0.4, -0.2) is 20.7 Å². The minimum absolute atomic E-state index is 0.0154. The maximum atomic E-state index is 13.5. The summed E-state index contributed by atoms with van der Waals surface area (Å²) in [6, 6.07) is 14.8. The van der Waals surface area contributed by atoms with E-state index >= 15 is 0 Å². The molecule has 0 radical (unpaired) electrons. The second-order valence-electron chi connectivity index (χ2n) is 7.48. The van der Waals surface area contributed by atoms with Crippen LogP contribution in [-0.2, 0) is 6.42 Å². The lowest BCUT2D eigenvalue weighted by Crippen LogP contribution is -2.07. The molecule has 0 aliphatic rings. The molecule has 0 saturated heterocycles. The number of hydrogen-bond donors (Lipinski definition) is 2. The van der Waals surface area contributed by atoms with E-state index in [-0.39, 0.29) is 23.1 Å². The van der Waals surface area contributed by atoms with Crippen LogP contribution < -0.4 is 11.1 Å². The van der Waals surface area contributed by atoms with Crippen molar-refractivity contribution in [3.05, 3.63) is 95.4 Å². The number of nitrogens with two attached hydrogens (primary N) is 1. The van der Waals surface area contributed by atoms with Gasteiger partial charge in [0.2, 0.25) is 5.88 Å². The predicted molar refractivity (Wildman–Crippen MR) is 129 cm³/mol. The Balaban J connectivity index is 1.50. The van der Waals surface area contributed by atoms with E-state index in [1.807, 2.05) is 6.07 Å². The molecule has 1 aromatic carbocycles. The SMILES string of the molecule is Nc1oc2c(-c3ccnc(C(=O)Cc4ccccn4)c3)nccc2c1Nc1ccc(F)c(Cl)c1. The number of carbonyl (C=O) groups is 1. The Kier molecular flexibility index (Phi) is 5.65. The summed E-state index contributed by atoms with van der Waals surface area (Å²) in [4.78, 5) is 25.6. The van der Waals surface area contributed by atoms with Crippen molar-refractivity contribution in [3.8, 4) is 11.3 Å². The molecule has 34 heavy (non-hydrogen) atoms. The number of aromatic nitrogens is 3. The summed E-state index contributed by atoms with van der Waals surface area (Å²) >= 11 is 5.89. The van der Waals surface area contributed by atoms with Crippen LogP contribution in [0.3, 0.4) is 0 Å². The number of anilines is 3. The molecular formula is C25H17ClFN5O2. The molecular weight excluding hydrogens is 457 g/mol. The van der Waals surface area contributed by atoms with Gasteiger partial charge in [0.25, 0.3) is 0 Å². The summed E-state index contributed by atoms with van der Waals surface area (Å²) in [5.74, 6) is -0.553. The Morgan fingerprint density at radius 2 is 1.88 bits per heavy atom. The Morgan fingerprint density at radius 3 is 2.68 bits per heavy atom. The molecule has 0 unspecified atom stereocenters. The van der Waals surface area contributed by atoms with Gasteiger partial charge < -0.3 is 15.5 Å². The van der Waals surface area contributed by atoms with E-state index in [9.17, 15) is 9.18 Å². The number of nitrogens with zero attached hydrogens (tertiary/aromatic N) is 3. The van der Waals surface area contributed by atoms with Gasteiger partial charge in [-0.2, -0.15) is 0 Å². The van der Waals surface area contributed by atoms with Gasteiger partial charge in [0.05, 0.1) is 16.8 Å². The fraction of sp³-hybridized carbons (Fsp3) is 0.0400. The van der Waals surface area contributed by atoms with E-state index in [0.29, 0.717) is 45.0 Å². The van der Waals surface area contributed by atoms with Crippen molar-refractivity contribution in [3.63, 3.8) is 0 Å². The van der Waals surface area contributed by atoms with Gasteiger partial charge in [-0.15, -0.1) is 0 Å². The van der Waals surface area contributed by atoms with E-state index in [0.717, 1.165) is 0 Å². The summed E-state index contributed by atoms with van der Waals surface area (Å²) in [6.07, 6.45) is 4.94. The zero-order valence-electron chi connectivity index (χ0n) is 17.6. The van der Waals surface area contributed by atoms with Crippen molar-refractivity contribution in [1.29, 1.82) is 0 Å². The van der Waals surface area contributed by atoms with Crippen molar-refractivity contribution < 1.29 is 13.6 Å². The van der Waals surface area contributed by atoms with Gasteiger partial charge in [-0.25, -0.2) is 4.39 Å². The number of rotatable bonds is 6. The third-order valence-electron chi connectivity index (χ3n) is 5.21. The summed E-state index contributed by atoms with van der Waals surface area (Å²) < 4.78 is 19.4. The van der Waals surface area contributed by atoms with Crippen molar-refractivity contribution in [1.82, 2.24) is 15.0 Å². The van der Waals surface area contributed by atoms with Gasteiger partial charge in [-0.3, -0.25) is 19.7 Å². The number of hydrogen-bond acceptors (Lipinski definition) is 7. The maximum Gasteiger partial charge on any atom is 0.215 e. The third kappa shape index (κ3) is 4.18. The van der Waals surface area contributed by atoms with Gasteiger partial charge in [-0.1, -0.05) is 17.7 Å². The first kappa shape index (κ1) is 21.5. The van der Waals surface area contributed by atoms with Crippen LogP contribution in [0.15, 0.2) is 77.6 Å². The standard InChI is InChI=1S/C25H17ClFN5O2/c26-18-12-16(4-5-19(18)27)32-23-17-7-10-31-22(24(17)34-25(23)28)14-6-9-30-20(11-14)21(33)13-15-3-1-2-8-29-15/h1-12,32H,13,28H2. The first-order valence-corrected chi connectivity index (χ1v) is 10.7. The highest BCUT2D eigenvalue weighted by atomic mass is 35.5. The number of nitrogens with one attached hydrogen (secondary N) is 1. The maximum absolute atomic E-state index is 13.5. The number of ketones is 1. The molecule has 0 aliphatic heterocycles. The first-order valence-electron chi connectivity index (χ1n) is 10.3. The van der Waals surface area contributed by atoms with E-state index in [4.69, 9.17) is 21.8 Å². The largest absolute Gasteiger partial charge is 0.436 e. The van der Waals surface area contributed by atoms with E-state index in [2.05, 4.69) is 20.3 Å². The van der Waals surface area contributed by atoms with Gasteiger partial charge in [0.1, 0.15) is 22.9 Å². The summed E-state index contributed by atoms with van der Waals surface area (Å²) in [7, 11) is 0. The zero-order chi connectivity index (χ0) is 23.7. The second kappa shape index (κ2) is 8.92. The van der Waals surface area contributed by atoms with E-state index < -0.39 is 5.82 Å². The highest BCUT2D eigenvalue weighted by Gasteiger charge is 2.19. The number of pyridine rings is 3. The number of furan rings is 1. The summed E-state index contributed by atoms with van der Waals surface area (Å²) in [6.45, 7) is 0. The molecule has 0 amide bonds. The number of nitrogen functional groups attached to an aromatic ring is 1. The number of benzene rings is 1. The molecule has 0 fully saturated rings. The van der Waals surface area contributed by atoms with E-state index in [1.165, 1.54) is 12.1 Å². The molecule has 168 valence electrons. The lowest BCUT2D eigenvalue weighted by atomic mass is 10.1. The molecule has 3 N–H and O–H groups in total. The van der Waals surface area contributed by atoms with Crippen LogP contribution in [0.25, 0.3) is 22.2 Å². The van der Waals surface area contributed by atoms with Crippen molar-refractivity contribution in [2.75, 3.05) is 11.1 Å². The van der Waals surface area contributed by atoms with Crippen molar-refractivity contribution in [2.45, 2.75) is 6.42 Å². The molecule has 9 heteroatoms. The minimum atomic E-state index is -0.519. The molecule has 0 aliphatic carbocycles. The Morgan fingerprint density at radius 1 is 1.03 bits per heavy atom. The summed E-state index contributed by atoms with van der Waals surface area (Å²) in [5.41, 5.74) is 9.73. The highest BCUT2D eigenvalue weighted by molar-refractivity contribution is 6.31. The van der Waals surface area contributed by atoms with Gasteiger partial charge in [0, 0.05) is 35.5 Å². The topological polar surface area (TPSA) is 107 Å². The lowest BCUT2D eigenvalue weighted by Gasteiger charge is -2.07. The zero-order valence-corrected chi connectivity index (χ0v) is 18.4.